The molecule has 2 heteroatoms. The fraction of sp³-hybridized carbons (Fsp3) is 1.00. The number of piperidine rings is 1. The van der Waals surface area contributed by atoms with Gasteiger partial charge in [-0.25, -0.2) is 0 Å². The predicted octanol–water partition coefficient (Wildman–Crippen LogP) is 3.26. The Kier molecular flexibility index (Phi) is 3.57. The van der Waals surface area contributed by atoms with Gasteiger partial charge in [-0.15, -0.1) is 0 Å². The van der Waals surface area contributed by atoms with Gasteiger partial charge in [0.2, 0.25) is 0 Å². The minimum absolute atomic E-state index is 0.278. The molecule has 106 valence electrons. The van der Waals surface area contributed by atoms with Gasteiger partial charge in [0.05, 0.1) is 0 Å². The molecule has 0 amide bonds. The van der Waals surface area contributed by atoms with E-state index in [0.29, 0.717) is 10.8 Å². The summed E-state index contributed by atoms with van der Waals surface area (Å²) in [5, 5.41) is 0. The lowest BCUT2D eigenvalue weighted by atomic mass is 9.78. The minimum Gasteiger partial charge on any atom is -0.329 e. The zero-order chi connectivity index (χ0) is 13.6. The average molecular weight is 252 g/mol. The van der Waals surface area contributed by atoms with Crippen molar-refractivity contribution in [1.82, 2.24) is 4.90 Å². The summed E-state index contributed by atoms with van der Waals surface area (Å²) in [6.45, 7) is 15.4. The summed E-state index contributed by atoms with van der Waals surface area (Å²) in [5.41, 5.74) is 7.51. The van der Waals surface area contributed by atoms with Gasteiger partial charge in [0.15, 0.2) is 0 Å². The zero-order valence-corrected chi connectivity index (χ0v) is 13.1. The monoisotopic (exact) mass is 252 g/mol. The Hall–Kier alpha value is -0.0800. The molecule has 2 nitrogen and oxygen atoms in total. The van der Waals surface area contributed by atoms with Crippen LogP contribution in [0.5, 0.6) is 0 Å². The third-order valence-electron chi connectivity index (χ3n) is 5.66. The van der Waals surface area contributed by atoms with Crippen molar-refractivity contribution < 1.29 is 0 Å². The molecule has 0 aromatic carbocycles. The first-order valence-corrected chi connectivity index (χ1v) is 7.66. The molecular weight excluding hydrogens is 220 g/mol. The van der Waals surface area contributed by atoms with E-state index in [1.165, 1.54) is 38.8 Å². The number of hydrogen-bond acceptors (Lipinski definition) is 2. The van der Waals surface area contributed by atoms with Gasteiger partial charge in [-0.05, 0) is 55.5 Å². The standard InChI is InChI=1S/C16H32N2/c1-13-10-15(4,5)11-16(13,12-17)18-8-6-14(2,3)7-9-18/h13H,6-12,17H2,1-5H3. The molecule has 1 heterocycles. The van der Waals surface area contributed by atoms with Crippen molar-refractivity contribution in [3.05, 3.63) is 0 Å². The molecule has 1 aliphatic carbocycles. The molecule has 1 aliphatic heterocycles. The van der Waals surface area contributed by atoms with Crippen molar-refractivity contribution in [3.8, 4) is 0 Å². The largest absolute Gasteiger partial charge is 0.329 e. The third kappa shape index (κ3) is 2.46. The highest BCUT2D eigenvalue weighted by atomic mass is 15.2. The molecule has 1 saturated heterocycles. The van der Waals surface area contributed by atoms with Gasteiger partial charge in [-0.2, -0.15) is 0 Å². The van der Waals surface area contributed by atoms with Gasteiger partial charge in [-0.1, -0.05) is 34.6 Å². The Balaban J connectivity index is 2.14. The average Bonchev–Trinajstić information content (AvgIpc) is 2.49. The van der Waals surface area contributed by atoms with Crippen molar-refractivity contribution in [2.45, 2.75) is 65.8 Å². The number of nitrogens with zero attached hydrogens (tertiary/aromatic N) is 1. The van der Waals surface area contributed by atoms with Crippen LogP contribution in [0.3, 0.4) is 0 Å². The first-order valence-electron chi connectivity index (χ1n) is 7.66. The molecule has 18 heavy (non-hydrogen) atoms. The summed E-state index contributed by atoms with van der Waals surface area (Å²) in [4.78, 5) is 2.73. The van der Waals surface area contributed by atoms with Gasteiger partial charge in [0.1, 0.15) is 0 Å². The summed E-state index contributed by atoms with van der Waals surface area (Å²) in [6.07, 6.45) is 5.24. The Morgan fingerprint density at radius 2 is 1.61 bits per heavy atom. The second-order valence-electron chi connectivity index (χ2n) is 8.41. The van der Waals surface area contributed by atoms with E-state index in [0.717, 1.165) is 12.5 Å². The number of rotatable bonds is 2. The van der Waals surface area contributed by atoms with Crippen molar-refractivity contribution in [2.75, 3.05) is 19.6 Å². The predicted molar refractivity (Wildman–Crippen MR) is 78.6 cm³/mol. The molecule has 2 aliphatic rings. The van der Waals surface area contributed by atoms with Crippen LogP contribution in [0.1, 0.15) is 60.3 Å². The van der Waals surface area contributed by atoms with Gasteiger partial charge in [0.25, 0.3) is 0 Å². The smallest absolute Gasteiger partial charge is 0.0362 e. The summed E-state index contributed by atoms with van der Waals surface area (Å²) >= 11 is 0. The highest BCUT2D eigenvalue weighted by Gasteiger charge is 2.51. The number of hydrogen-bond donors (Lipinski definition) is 1. The highest BCUT2D eigenvalue weighted by Crippen LogP contribution is 2.51. The van der Waals surface area contributed by atoms with E-state index in [-0.39, 0.29) is 5.54 Å². The SMILES string of the molecule is CC1CC(C)(C)CC1(CN)N1CCC(C)(C)CC1. The van der Waals surface area contributed by atoms with Crippen molar-refractivity contribution in [2.24, 2.45) is 22.5 Å². The Labute approximate surface area is 113 Å². The van der Waals surface area contributed by atoms with Gasteiger partial charge >= 0.3 is 0 Å². The number of nitrogens with two attached hydrogens (primary N) is 1. The van der Waals surface area contributed by atoms with Crippen LogP contribution >= 0.6 is 0 Å². The molecular formula is C16H32N2. The molecule has 1 saturated carbocycles. The lowest BCUT2D eigenvalue weighted by Crippen LogP contribution is -2.58. The van der Waals surface area contributed by atoms with E-state index in [1.807, 2.05) is 0 Å². The normalized spacial score (nSPS) is 40.0. The first kappa shape index (κ1) is 14.3. The fourth-order valence-corrected chi connectivity index (χ4v) is 4.48. The Morgan fingerprint density at radius 1 is 1.06 bits per heavy atom. The van der Waals surface area contributed by atoms with E-state index < -0.39 is 0 Å². The van der Waals surface area contributed by atoms with Crippen LogP contribution in [0.15, 0.2) is 0 Å². The maximum Gasteiger partial charge on any atom is 0.0362 e. The summed E-state index contributed by atoms with van der Waals surface area (Å²) in [6, 6.07) is 0. The van der Waals surface area contributed by atoms with Crippen molar-refractivity contribution in [1.29, 1.82) is 0 Å². The molecule has 2 atom stereocenters. The summed E-state index contributed by atoms with van der Waals surface area (Å²) < 4.78 is 0. The molecule has 0 bridgehead atoms. The second-order valence-corrected chi connectivity index (χ2v) is 8.41. The molecule has 2 rings (SSSR count). The first-order chi connectivity index (χ1) is 8.21. The lowest BCUT2D eigenvalue weighted by Gasteiger charge is -2.49. The van der Waals surface area contributed by atoms with Crippen LogP contribution in [-0.4, -0.2) is 30.1 Å². The van der Waals surface area contributed by atoms with Crippen LogP contribution in [-0.2, 0) is 0 Å². The van der Waals surface area contributed by atoms with Gasteiger partial charge in [0, 0.05) is 12.1 Å². The van der Waals surface area contributed by atoms with Crippen LogP contribution in [0.2, 0.25) is 0 Å². The quantitative estimate of drug-likeness (QED) is 0.817. The minimum atomic E-state index is 0.278. The van der Waals surface area contributed by atoms with Gasteiger partial charge < -0.3 is 5.73 Å². The highest BCUT2D eigenvalue weighted by molar-refractivity contribution is 5.07. The second kappa shape index (κ2) is 4.49. The molecule has 0 radical (unpaired) electrons. The van der Waals surface area contributed by atoms with Crippen molar-refractivity contribution >= 4 is 0 Å². The topological polar surface area (TPSA) is 29.3 Å². The van der Waals surface area contributed by atoms with E-state index in [1.54, 1.807) is 0 Å². The van der Waals surface area contributed by atoms with Gasteiger partial charge in [-0.3, -0.25) is 4.90 Å². The maximum atomic E-state index is 6.24. The van der Waals surface area contributed by atoms with Crippen LogP contribution in [0.4, 0.5) is 0 Å². The van der Waals surface area contributed by atoms with E-state index in [4.69, 9.17) is 5.73 Å². The summed E-state index contributed by atoms with van der Waals surface area (Å²) in [7, 11) is 0. The molecule has 0 aromatic heterocycles. The molecule has 2 fully saturated rings. The summed E-state index contributed by atoms with van der Waals surface area (Å²) in [5.74, 6) is 0.735. The fourth-order valence-electron chi connectivity index (χ4n) is 4.48. The number of likely N-dealkylation sites (tertiary alicyclic amines) is 1. The Morgan fingerprint density at radius 3 is 2.00 bits per heavy atom. The van der Waals surface area contributed by atoms with E-state index in [9.17, 15) is 0 Å². The van der Waals surface area contributed by atoms with Crippen LogP contribution < -0.4 is 5.73 Å². The molecule has 2 unspecified atom stereocenters. The third-order valence-corrected chi connectivity index (χ3v) is 5.66. The van der Waals surface area contributed by atoms with E-state index in [2.05, 4.69) is 39.5 Å². The molecule has 2 N–H and O–H groups in total. The lowest BCUT2D eigenvalue weighted by molar-refractivity contribution is 0.00945. The Bertz CT molecular complexity index is 298. The van der Waals surface area contributed by atoms with Crippen LogP contribution in [0.25, 0.3) is 0 Å². The maximum absolute atomic E-state index is 6.24. The van der Waals surface area contributed by atoms with E-state index >= 15 is 0 Å². The van der Waals surface area contributed by atoms with Crippen LogP contribution in [0, 0.1) is 16.7 Å². The van der Waals surface area contributed by atoms with Crippen molar-refractivity contribution in [3.63, 3.8) is 0 Å². The molecule has 0 spiro atoms. The zero-order valence-electron chi connectivity index (χ0n) is 13.1. The molecule has 0 aromatic rings.